The van der Waals surface area contributed by atoms with Crippen LogP contribution in [0.15, 0.2) is 53.4 Å². The van der Waals surface area contributed by atoms with Gasteiger partial charge in [-0.1, -0.05) is 80.5 Å². The van der Waals surface area contributed by atoms with E-state index in [1.807, 2.05) is 6.92 Å². The first-order valence-corrected chi connectivity index (χ1v) is 13.8. The van der Waals surface area contributed by atoms with Crippen molar-refractivity contribution in [1.29, 1.82) is 0 Å². The van der Waals surface area contributed by atoms with E-state index in [4.69, 9.17) is 16.3 Å². The van der Waals surface area contributed by atoms with Crippen molar-refractivity contribution >= 4 is 33.4 Å². The zero-order valence-corrected chi connectivity index (χ0v) is 21.3. The number of hydrogen-bond acceptors (Lipinski definition) is 5. The molecule has 0 fully saturated rings. The zero-order valence-electron chi connectivity index (χ0n) is 19.7. The number of carbonyl (C=O) groups excluding carboxylic acids is 2. The highest BCUT2D eigenvalue weighted by molar-refractivity contribution is 7.89. The molecule has 0 heterocycles. The highest BCUT2D eigenvalue weighted by Gasteiger charge is 2.23. The highest BCUT2D eigenvalue weighted by atomic mass is 35.5. The minimum atomic E-state index is -3.85. The molecular weight excluding hydrogens is 474 g/mol. The molecule has 2 aromatic carbocycles. The molecule has 0 amide bonds. The van der Waals surface area contributed by atoms with Crippen LogP contribution < -0.4 is 4.72 Å². The van der Waals surface area contributed by atoms with Gasteiger partial charge in [0.1, 0.15) is 0 Å². The first kappa shape index (κ1) is 28.0. The standard InChI is InChI=1S/C26H34ClNO5S/c1-2-33-25(29)16-12-7-5-3-4-6-8-13-19-28-34(31,32)24-18-17-22(27)20-23(24)26(30)21-14-10-9-11-15-21/h9-11,14-15,17-18,20,28H,2-8,12-13,16,19H2,1H3. The smallest absolute Gasteiger partial charge is 0.305 e. The van der Waals surface area contributed by atoms with Crippen molar-refractivity contribution in [1.82, 2.24) is 4.72 Å². The van der Waals surface area contributed by atoms with Crippen LogP contribution in [0.25, 0.3) is 0 Å². The number of ketones is 1. The Morgan fingerprint density at radius 1 is 0.882 bits per heavy atom. The predicted octanol–water partition coefficient (Wildman–Crippen LogP) is 5.92. The number of esters is 1. The summed E-state index contributed by atoms with van der Waals surface area (Å²) in [6.07, 6.45) is 8.30. The predicted molar refractivity (Wildman–Crippen MR) is 135 cm³/mol. The molecule has 0 saturated carbocycles. The van der Waals surface area contributed by atoms with Gasteiger partial charge in [-0.05, 0) is 38.0 Å². The lowest BCUT2D eigenvalue weighted by Gasteiger charge is -2.12. The highest BCUT2D eigenvalue weighted by Crippen LogP contribution is 2.23. The molecule has 0 aliphatic heterocycles. The van der Waals surface area contributed by atoms with Crippen molar-refractivity contribution in [3.8, 4) is 0 Å². The molecule has 0 aliphatic carbocycles. The quantitative estimate of drug-likeness (QED) is 0.173. The monoisotopic (exact) mass is 507 g/mol. The van der Waals surface area contributed by atoms with Crippen LogP contribution in [0.2, 0.25) is 5.02 Å². The van der Waals surface area contributed by atoms with Crippen molar-refractivity contribution in [3.63, 3.8) is 0 Å². The molecule has 0 radical (unpaired) electrons. The second-order valence-electron chi connectivity index (χ2n) is 8.12. The third-order valence-electron chi connectivity index (χ3n) is 5.42. The van der Waals surface area contributed by atoms with Gasteiger partial charge in [-0.2, -0.15) is 0 Å². The molecule has 6 nitrogen and oxygen atoms in total. The summed E-state index contributed by atoms with van der Waals surface area (Å²) in [6.45, 7) is 2.55. The van der Waals surface area contributed by atoms with Crippen LogP contribution in [-0.2, 0) is 19.6 Å². The fourth-order valence-electron chi connectivity index (χ4n) is 3.63. The molecule has 186 valence electrons. The molecule has 0 saturated heterocycles. The van der Waals surface area contributed by atoms with Crippen molar-refractivity contribution < 1.29 is 22.7 Å². The molecule has 0 unspecified atom stereocenters. The van der Waals surface area contributed by atoms with Crippen LogP contribution in [0.1, 0.15) is 80.6 Å². The van der Waals surface area contributed by atoms with E-state index in [9.17, 15) is 18.0 Å². The molecule has 0 spiro atoms. The van der Waals surface area contributed by atoms with Gasteiger partial charge in [0, 0.05) is 29.1 Å². The van der Waals surface area contributed by atoms with Gasteiger partial charge in [-0.15, -0.1) is 0 Å². The van der Waals surface area contributed by atoms with Gasteiger partial charge in [0.25, 0.3) is 0 Å². The van der Waals surface area contributed by atoms with Crippen LogP contribution >= 0.6 is 11.6 Å². The Kier molecular flexibility index (Phi) is 12.3. The van der Waals surface area contributed by atoms with Crippen molar-refractivity contribution in [2.75, 3.05) is 13.2 Å². The van der Waals surface area contributed by atoms with E-state index in [1.54, 1.807) is 30.3 Å². The number of benzene rings is 2. The molecule has 0 atom stereocenters. The van der Waals surface area contributed by atoms with Gasteiger partial charge in [0.2, 0.25) is 10.0 Å². The fraction of sp³-hybridized carbons (Fsp3) is 0.462. The third kappa shape index (κ3) is 9.57. The summed E-state index contributed by atoms with van der Waals surface area (Å²) in [5.41, 5.74) is 0.469. The van der Waals surface area contributed by atoms with Gasteiger partial charge in [0.05, 0.1) is 11.5 Å². The van der Waals surface area contributed by atoms with Crippen molar-refractivity contribution in [2.24, 2.45) is 0 Å². The Bertz CT molecular complexity index is 1020. The summed E-state index contributed by atoms with van der Waals surface area (Å²) in [4.78, 5) is 24.1. The Morgan fingerprint density at radius 2 is 1.50 bits per heavy atom. The van der Waals surface area contributed by atoms with E-state index < -0.39 is 10.0 Å². The normalized spacial score (nSPS) is 11.4. The lowest BCUT2D eigenvalue weighted by molar-refractivity contribution is -0.143. The van der Waals surface area contributed by atoms with E-state index in [-0.39, 0.29) is 22.2 Å². The van der Waals surface area contributed by atoms with Crippen LogP contribution in [-0.4, -0.2) is 33.3 Å². The first-order valence-electron chi connectivity index (χ1n) is 11.9. The lowest BCUT2D eigenvalue weighted by atomic mass is 10.0. The van der Waals surface area contributed by atoms with Gasteiger partial charge in [-0.25, -0.2) is 13.1 Å². The van der Waals surface area contributed by atoms with Crippen molar-refractivity contribution in [2.45, 2.75) is 69.6 Å². The lowest BCUT2D eigenvalue weighted by Crippen LogP contribution is -2.26. The van der Waals surface area contributed by atoms with Crippen LogP contribution in [0.5, 0.6) is 0 Å². The summed E-state index contributed by atoms with van der Waals surface area (Å²) < 4.78 is 33.3. The topological polar surface area (TPSA) is 89.5 Å². The second kappa shape index (κ2) is 14.9. The Labute approximate surface area is 208 Å². The SMILES string of the molecule is CCOC(=O)CCCCCCCCCCNS(=O)(=O)c1ccc(Cl)cc1C(=O)c1ccccc1. The average molecular weight is 508 g/mol. The number of ether oxygens (including phenoxy) is 1. The van der Waals surface area contributed by atoms with Gasteiger partial charge in [0.15, 0.2) is 5.78 Å². The van der Waals surface area contributed by atoms with Crippen molar-refractivity contribution in [3.05, 3.63) is 64.7 Å². The maximum Gasteiger partial charge on any atom is 0.305 e. The zero-order chi connectivity index (χ0) is 24.8. The summed E-state index contributed by atoms with van der Waals surface area (Å²) >= 11 is 6.05. The van der Waals surface area contributed by atoms with Crippen LogP contribution in [0.3, 0.4) is 0 Å². The largest absolute Gasteiger partial charge is 0.466 e. The average Bonchev–Trinajstić information content (AvgIpc) is 2.82. The maximum atomic E-state index is 12.9. The van der Waals surface area contributed by atoms with Crippen LogP contribution in [0, 0.1) is 0 Å². The molecule has 8 heteroatoms. The molecule has 0 aromatic heterocycles. The number of unbranched alkanes of at least 4 members (excludes halogenated alkanes) is 7. The molecule has 2 rings (SSSR count). The summed E-state index contributed by atoms with van der Waals surface area (Å²) in [7, 11) is -3.85. The molecule has 0 aliphatic rings. The minimum Gasteiger partial charge on any atom is -0.466 e. The van der Waals surface area contributed by atoms with E-state index in [1.165, 1.54) is 18.2 Å². The molecular formula is C26H34ClNO5S. The molecule has 1 N–H and O–H groups in total. The molecule has 2 aromatic rings. The third-order valence-corrected chi connectivity index (χ3v) is 7.17. The van der Waals surface area contributed by atoms with E-state index in [0.29, 0.717) is 30.2 Å². The van der Waals surface area contributed by atoms with E-state index in [0.717, 1.165) is 51.4 Å². The number of hydrogen-bond donors (Lipinski definition) is 1. The number of nitrogens with one attached hydrogen (secondary N) is 1. The van der Waals surface area contributed by atoms with E-state index in [2.05, 4.69) is 4.72 Å². The number of halogens is 1. The van der Waals surface area contributed by atoms with Gasteiger partial charge < -0.3 is 4.74 Å². The second-order valence-corrected chi connectivity index (χ2v) is 10.3. The summed E-state index contributed by atoms with van der Waals surface area (Å²) in [5, 5.41) is 0.305. The first-order chi connectivity index (χ1) is 16.3. The van der Waals surface area contributed by atoms with E-state index >= 15 is 0 Å². The van der Waals surface area contributed by atoms with Crippen LogP contribution in [0.4, 0.5) is 0 Å². The van der Waals surface area contributed by atoms with Gasteiger partial charge >= 0.3 is 5.97 Å². The Hall–Kier alpha value is -2.22. The summed E-state index contributed by atoms with van der Waals surface area (Å²) in [5.74, 6) is -0.508. The maximum absolute atomic E-state index is 12.9. The number of rotatable bonds is 16. The molecule has 0 bridgehead atoms. The number of carbonyl (C=O) groups is 2. The summed E-state index contributed by atoms with van der Waals surface area (Å²) in [6, 6.07) is 12.8. The fourth-order valence-corrected chi connectivity index (χ4v) is 5.06. The van der Waals surface area contributed by atoms with Gasteiger partial charge in [-0.3, -0.25) is 9.59 Å². The number of sulfonamides is 1. The Morgan fingerprint density at radius 3 is 2.15 bits per heavy atom. The Balaban J connectivity index is 1.74. The minimum absolute atomic E-state index is 0.0615. The molecule has 34 heavy (non-hydrogen) atoms.